The smallest absolute Gasteiger partial charge is 0.234 e. The number of hydrogen-bond donors (Lipinski definition) is 3. The van der Waals surface area contributed by atoms with E-state index in [0.29, 0.717) is 27.3 Å². The number of ether oxygens (including phenoxy) is 1. The van der Waals surface area contributed by atoms with E-state index in [1.807, 2.05) is 0 Å². The first-order chi connectivity index (χ1) is 11.5. The molecule has 0 spiro atoms. The Morgan fingerprint density at radius 3 is 3.04 bits per heavy atom. The molecule has 2 aromatic heterocycles. The Hall–Kier alpha value is -2.45. The summed E-state index contributed by atoms with van der Waals surface area (Å²) >= 11 is 7.07. The maximum atomic E-state index is 12.0. The lowest BCUT2D eigenvalue weighted by atomic mass is 10.3. The zero-order valence-electron chi connectivity index (χ0n) is 12.5. The molecular weight excluding hydrogens is 352 g/mol. The molecule has 0 aliphatic carbocycles. The number of imidazole rings is 1. The summed E-state index contributed by atoms with van der Waals surface area (Å²) in [6.07, 6.45) is 1.59. The molecule has 9 heteroatoms. The van der Waals surface area contributed by atoms with Gasteiger partial charge in [-0.2, -0.15) is 0 Å². The Morgan fingerprint density at radius 2 is 2.29 bits per heavy atom. The van der Waals surface area contributed by atoms with Crippen molar-refractivity contribution < 1.29 is 14.6 Å². The van der Waals surface area contributed by atoms with Gasteiger partial charge in [0.05, 0.1) is 30.1 Å². The van der Waals surface area contributed by atoms with E-state index in [1.165, 1.54) is 24.9 Å². The molecule has 0 aliphatic rings. The van der Waals surface area contributed by atoms with Gasteiger partial charge in [-0.3, -0.25) is 4.79 Å². The average Bonchev–Trinajstić information content (AvgIpc) is 2.95. The van der Waals surface area contributed by atoms with Crippen LogP contribution in [-0.2, 0) is 4.79 Å². The second-order valence-electron chi connectivity index (χ2n) is 4.79. The minimum Gasteiger partial charge on any atom is -0.504 e. The number of pyridine rings is 1. The number of phenols is 1. The fraction of sp³-hybridized carbons (Fsp3) is 0.133. The number of aromatic nitrogens is 3. The van der Waals surface area contributed by atoms with E-state index in [0.717, 1.165) is 5.52 Å². The van der Waals surface area contributed by atoms with Crippen LogP contribution in [0.15, 0.2) is 35.6 Å². The third-order valence-corrected chi connectivity index (χ3v) is 4.19. The average molecular weight is 365 g/mol. The van der Waals surface area contributed by atoms with Crippen molar-refractivity contribution in [1.82, 2.24) is 15.0 Å². The number of halogens is 1. The van der Waals surface area contributed by atoms with Gasteiger partial charge >= 0.3 is 0 Å². The molecule has 1 amide bonds. The lowest BCUT2D eigenvalue weighted by molar-refractivity contribution is -0.113. The molecule has 3 rings (SSSR count). The molecule has 3 N–H and O–H groups in total. The predicted molar refractivity (Wildman–Crippen MR) is 92.9 cm³/mol. The number of hydrogen-bond acceptors (Lipinski definition) is 6. The van der Waals surface area contributed by atoms with Crippen LogP contribution in [0.5, 0.6) is 11.5 Å². The maximum absolute atomic E-state index is 12.0. The minimum absolute atomic E-state index is 0.0374. The molecule has 0 saturated carbocycles. The van der Waals surface area contributed by atoms with Gasteiger partial charge in [0.25, 0.3) is 0 Å². The lowest BCUT2D eigenvalue weighted by Gasteiger charge is -2.07. The molecule has 0 saturated heterocycles. The van der Waals surface area contributed by atoms with Crippen LogP contribution in [0.25, 0.3) is 11.0 Å². The second-order valence-corrected chi connectivity index (χ2v) is 6.14. The summed E-state index contributed by atoms with van der Waals surface area (Å²) in [6.45, 7) is 0. The number of nitrogens with zero attached hydrogens (tertiary/aromatic N) is 2. The molecule has 0 atom stereocenters. The first-order valence-corrected chi connectivity index (χ1v) is 8.22. The Kier molecular flexibility index (Phi) is 4.77. The van der Waals surface area contributed by atoms with Crippen molar-refractivity contribution in [1.29, 1.82) is 0 Å². The lowest BCUT2D eigenvalue weighted by Crippen LogP contribution is -2.14. The Bertz CT molecular complexity index is 900. The van der Waals surface area contributed by atoms with Crippen LogP contribution in [0.4, 0.5) is 5.69 Å². The van der Waals surface area contributed by atoms with Gasteiger partial charge < -0.3 is 20.1 Å². The number of H-pyrrole nitrogens is 1. The molecule has 124 valence electrons. The number of aromatic amines is 1. The van der Waals surface area contributed by atoms with Gasteiger partial charge in [0.15, 0.2) is 16.7 Å². The standard InChI is InChI=1S/C15H13ClN4O3S/c1-23-12-3-2-8(4-11(12)21)18-14(22)7-24-15-19-9-5-13(16)17-6-10(9)20-15/h2-6,21H,7H2,1H3,(H,18,22)(H,19,20). The molecule has 1 aromatic carbocycles. The van der Waals surface area contributed by atoms with Gasteiger partial charge in [-0.05, 0) is 12.1 Å². The molecule has 0 bridgehead atoms. The van der Waals surface area contributed by atoms with E-state index in [2.05, 4.69) is 20.3 Å². The number of phenolic OH excluding ortho intramolecular Hbond substituents is 1. The van der Waals surface area contributed by atoms with Gasteiger partial charge in [-0.25, -0.2) is 9.97 Å². The van der Waals surface area contributed by atoms with Crippen molar-refractivity contribution >= 4 is 46.0 Å². The monoisotopic (exact) mass is 364 g/mol. The van der Waals surface area contributed by atoms with Crippen LogP contribution in [0.1, 0.15) is 0 Å². The van der Waals surface area contributed by atoms with Crippen LogP contribution in [0, 0.1) is 0 Å². The highest BCUT2D eigenvalue weighted by atomic mass is 35.5. The van der Waals surface area contributed by atoms with Crippen molar-refractivity contribution in [2.45, 2.75) is 5.16 Å². The number of anilines is 1. The van der Waals surface area contributed by atoms with Crippen LogP contribution in [0.2, 0.25) is 5.15 Å². The number of methoxy groups -OCH3 is 1. The maximum Gasteiger partial charge on any atom is 0.234 e. The number of carbonyl (C=O) groups excluding carboxylic acids is 1. The highest BCUT2D eigenvalue weighted by molar-refractivity contribution is 7.99. The Labute approximate surface area is 146 Å². The first-order valence-electron chi connectivity index (χ1n) is 6.86. The number of aromatic hydroxyl groups is 1. The molecule has 24 heavy (non-hydrogen) atoms. The van der Waals surface area contributed by atoms with E-state index in [-0.39, 0.29) is 17.4 Å². The van der Waals surface area contributed by atoms with Crippen LogP contribution < -0.4 is 10.1 Å². The predicted octanol–water partition coefficient (Wildman–Crippen LogP) is 3.06. The quantitative estimate of drug-likeness (QED) is 0.475. The fourth-order valence-corrected chi connectivity index (χ4v) is 2.87. The van der Waals surface area contributed by atoms with E-state index in [9.17, 15) is 9.90 Å². The Morgan fingerprint density at radius 1 is 1.46 bits per heavy atom. The number of carbonyl (C=O) groups is 1. The number of benzene rings is 1. The summed E-state index contributed by atoms with van der Waals surface area (Å²) in [5.41, 5.74) is 1.93. The van der Waals surface area contributed by atoms with Gasteiger partial charge in [-0.1, -0.05) is 23.4 Å². The van der Waals surface area contributed by atoms with Crippen molar-refractivity contribution in [3.63, 3.8) is 0 Å². The highest BCUT2D eigenvalue weighted by Gasteiger charge is 2.09. The highest BCUT2D eigenvalue weighted by Crippen LogP contribution is 2.28. The van der Waals surface area contributed by atoms with E-state index >= 15 is 0 Å². The number of nitrogens with one attached hydrogen (secondary N) is 2. The molecule has 2 heterocycles. The second kappa shape index (κ2) is 6.98. The third-order valence-electron chi connectivity index (χ3n) is 3.11. The van der Waals surface area contributed by atoms with E-state index < -0.39 is 0 Å². The van der Waals surface area contributed by atoms with Crippen molar-refractivity contribution in [3.05, 3.63) is 35.6 Å². The summed E-state index contributed by atoms with van der Waals surface area (Å²) in [5, 5.41) is 13.4. The summed E-state index contributed by atoms with van der Waals surface area (Å²) in [7, 11) is 1.46. The SMILES string of the molecule is COc1ccc(NC(=O)CSc2nc3cc(Cl)ncc3[nH]2)cc1O. The van der Waals surface area contributed by atoms with E-state index in [4.69, 9.17) is 16.3 Å². The number of rotatable bonds is 5. The minimum atomic E-state index is -0.221. The van der Waals surface area contributed by atoms with Gasteiger partial charge in [0, 0.05) is 17.8 Å². The summed E-state index contributed by atoms with van der Waals surface area (Å²) in [5.74, 6) is 0.246. The first kappa shape index (κ1) is 16.4. The topological polar surface area (TPSA) is 100 Å². The van der Waals surface area contributed by atoms with Crippen molar-refractivity contribution in [3.8, 4) is 11.5 Å². The molecule has 0 radical (unpaired) electrons. The van der Waals surface area contributed by atoms with Gasteiger partial charge in [0.1, 0.15) is 5.15 Å². The largest absolute Gasteiger partial charge is 0.504 e. The Balaban J connectivity index is 1.61. The molecule has 0 aliphatic heterocycles. The fourth-order valence-electron chi connectivity index (χ4n) is 2.03. The van der Waals surface area contributed by atoms with Crippen LogP contribution >= 0.6 is 23.4 Å². The number of fused-ring (bicyclic) bond motifs is 1. The van der Waals surface area contributed by atoms with Crippen LogP contribution in [-0.4, -0.2) is 38.8 Å². The van der Waals surface area contributed by atoms with E-state index in [1.54, 1.807) is 24.4 Å². The van der Waals surface area contributed by atoms with Crippen molar-refractivity contribution in [2.24, 2.45) is 0 Å². The molecule has 7 nitrogen and oxygen atoms in total. The zero-order valence-corrected chi connectivity index (χ0v) is 14.1. The van der Waals surface area contributed by atoms with Gasteiger partial charge in [0.2, 0.25) is 5.91 Å². The molecular formula is C15H13ClN4O3S. The summed E-state index contributed by atoms with van der Waals surface area (Å²) in [6, 6.07) is 6.30. The summed E-state index contributed by atoms with van der Waals surface area (Å²) < 4.78 is 4.95. The van der Waals surface area contributed by atoms with Crippen molar-refractivity contribution in [2.75, 3.05) is 18.2 Å². The zero-order chi connectivity index (χ0) is 17.1. The molecule has 3 aromatic rings. The van der Waals surface area contributed by atoms with Crippen LogP contribution in [0.3, 0.4) is 0 Å². The number of thioether (sulfide) groups is 1. The third kappa shape index (κ3) is 3.72. The number of amides is 1. The summed E-state index contributed by atoms with van der Waals surface area (Å²) in [4.78, 5) is 23.4. The molecule has 0 unspecified atom stereocenters. The normalized spacial score (nSPS) is 10.8. The van der Waals surface area contributed by atoms with Gasteiger partial charge in [-0.15, -0.1) is 0 Å². The molecule has 0 fully saturated rings.